The number of primary amides is 1. The molecule has 0 spiro atoms. The molecule has 0 atom stereocenters. The van der Waals surface area contributed by atoms with E-state index in [0.29, 0.717) is 42.5 Å². The highest BCUT2D eigenvalue weighted by molar-refractivity contribution is 6.18. The fourth-order valence-corrected chi connectivity index (χ4v) is 3.00. The van der Waals surface area contributed by atoms with E-state index in [9.17, 15) is 18.4 Å². The van der Waals surface area contributed by atoms with Gasteiger partial charge in [-0.05, 0) is 12.1 Å². The standard InChI is InChI=1S/C18H15F2N5O3/c19-11-2-1-9(16(21)27)14(20)13(11)15(26)10-4-23-18-12(10)17(24-7-25-18)22-3-8-5-28-6-8/h1-2,4,7-8H,3,5-6H2,(H2,21,27)(H2,22,23,24,25). The Kier molecular flexibility index (Phi) is 4.47. The van der Waals surface area contributed by atoms with Crippen molar-refractivity contribution in [2.75, 3.05) is 25.1 Å². The molecule has 144 valence electrons. The molecule has 0 aliphatic carbocycles. The number of rotatable bonds is 6. The Hall–Kier alpha value is -3.40. The van der Waals surface area contributed by atoms with Crippen molar-refractivity contribution in [1.29, 1.82) is 0 Å². The van der Waals surface area contributed by atoms with Crippen LogP contribution in [-0.2, 0) is 4.74 Å². The Morgan fingerprint density at radius 3 is 2.71 bits per heavy atom. The zero-order chi connectivity index (χ0) is 19.8. The molecule has 0 saturated carbocycles. The molecule has 1 fully saturated rings. The van der Waals surface area contributed by atoms with Gasteiger partial charge >= 0.3 is 0 Å². The zero-order valence-corrected chi connectivity index (χ0v) is 14.5. The number of amides is 1. The molecule has 1 saturated heterocycles. The second kappa shape index (κ2) is 6.97. The number of nitrogens with one attached hydrogen (secondary N) is 2. The van der Waals surface area contributed by atoms with E-state index in [1.807, 2.05) is 0 Å². The van der Waals surface area contributed by atoms with Gasteiger partial charge in [-0.1, -0.05) is 0 Å². The average Bonchev–Trinajstić information content (AvgIpc) is 3.05. The second-order valence-electron chi connectivity index (χ2n) is 6.41. The quantitative estimate of drug-likeness (QED) is 0.553. The summed E-state index contributed by atoms with van der Waals surface area (Å²) < 4.78 is 34.0. The van der Waals surface area contributed by atoms with Crippen molar-refractivity contribution >= 4 is 28.5 Å². The van der Waals surface area contributed by atoms with Gasteiger partial charge in [0.2, 0.25) is 5.78 Å². The maximum absolute atomic E-state index is 14.6. The first kappa shape index (κ1) is 18.0. The average molecular weight is 387 g/mol. The van der Waals surface area contributed by atoms with Crippen LogP contribution in [-0.4, -0.2) is 46.4 Å². The number of carbonyl (C=O) groups is 2. The SMILES string of the molecule is NC(=O)c1ccc(F)c(C(=O)c2c[nH]c3ncnc(NCC4COC4)c23)c1F. The van der Waals surface area contributed by atoms with Gasteiger partial charge in [0.05, 0.1) is 35.3 Å². The van der Waals surface area contributed by atoms with E-state index in [2.05, 4.69) is 20.3 Å². The predicted octanol–water partition coefficient (Wildman–Crippen LogP) is 1.62. The van der Waals surface area contributed by atoms with Crippen molar-refractivity contribution in [3.8, 4) is 0 Å². The van der Waals surface area contributed by atoms with Crippen LogP contribution in [0.5, 0.6) is 0 Å². The number of nitrogens with two attached hydrogens (primary N) is 1. The number of hydrogen-bond acceptors (Lipinski definition) is 6. The number of hydrogen-bond donors (Lipinski definition) is 3. The first-order valence-corrected chi connectivity index (χ1v) is 8.43. The topological polar surface area (TPSA) is 123 Å². The minimum Gasteiger partial charge on any atom is -0.381 e. The summed E-state index contributed by atoms with van der Waals surface area (Å²) in [6.07, 6.45) is 2.61. The highest BCUT2D eigenvalue weighted by Gasteiger charge is 2.27. The summed E-state index contributed by atoms with van der Waals surface area (Å²) in [6, 6.07) is 1.73. The maximum Gasteiger partial charge on any atom is 0.251 e. The van der Waals surface area contributed by atoms with Gasteiger partial charge in [0.1, 0.15) is 29.4 Å². The summed E-state index contributed by atoms with van der Waals surface area (Å²) in [5, 5.41) is 3.42. The Labute approximate surface area is 157 Å². The van der Waals surface area contributed by atoms with Crippen LogP contribution in [0.4, 0.5) is 14.6 Å². The minimum absolute atomic E-state index is 0.0256. The third kappa shape index (κ3) is 2.97. The van der Waals surface area contributed by atoms with E-state index in [4.69, 9.17) is 10.5 Å². The predicted molar refractivity (Wildman–Crippen MR) is 95.0 cm³/mol. The molecule has 3 heterocycles. The molecule has 10 heteroatoms. The number of nitrogens with zero attached hydrogens (tertiary/aromatic N) is 2. The number of fused-ring (bicyclic) bond motifs is 1. The van der Waals surface area contributed by atoms with Crippen LogP contribution in [0.3, 0.4) is 0 Å². The number of anilines is 1. The summed E-state index contributed by atoms with van der Waals surface area (Å²) in [6.45, 7) is 1.80. The van der Waals surface area contributed by atoms with E-state index in [-0.39, 0.29) is 5.56 Å². The number of benzene rings is 1. The summed E-state index contributed by atoms with van der Waals surface area (Å²) in [7, 11) is 0. The van der Waals surface area contributed by atoms with Gasteiger partial charge in [0.25, 0.3) is 5.91 Å². The third-order valence-electron chi connectivity index (χ3n) is 4.56. The van der Waals surface area contributed by atoms with Crippen molar-refractivity contribution in [1.82, 2.24) is 15.0 Å². The number of H-pyrrole nitrogens is 1. The lowest BCUT2D eigenvalue weighted by Gasteiger charge is -2.26. The fraction of sp³-hybridized carbons (Fsp3) is 0.222. The van der Waals surface area contributed by atoms with E-state index in [1.165, 1.54) is 12.5 Å². The van der Waals surface area contributed by atoms with Crippen LogP contribution < -0.4 is 11.1 Å². The number of ether oxygens (including phenoxy) is 1. The van der Waals surface area contributed by atoms with Crippen LogP contribution >= 0.6 is 0 Å². The molecular formula is C18H15F2N5O3. The van der Waals surface area contributed by atoms with Crippen molar-refractivity contribution in [2.45, 2.75) is 0 Å². The van der Waals surface area contributed by atoms with Crippen LogP contribution in [0, 0.1) is 17.6 Å². The van der Waals surface area contributed by atoms with Gasteiger partial charge in [-0.25, -0.2) is 18.7 Å². The lowest BCUT2D eigenvalue weighted by atomic mass is 9.99. The molecule has 0 bridgehead atoms. The Balaban J connectivity index is 1.78. The number of halogens is 2. The third-order valence-corrected chi connectivity index (χ3v) is 4.56. The van der Waals surface area contributed by atoms with E-state index >= 15 is 0 Å². The maximum atomic E-state index is 14.6. The largest absolute Gasteiger partial charge is 0.381 e. The van der Waals surface area contributed by atoms with Gasteiger partial charge in [-0.2, -0.15) is 0 Å². The summed E-state index contributed by atoms with van der Waals surface area (Å²) >= 11 is 0. The molecular weight excluding hydrogens is 372 g/mol. The molecule has 1 amide bonds. The van der Waals surface area contributed by atoms with Crippen molar-refractivity contribution < 1.29 is 23.1 Å². The summed E-state index contributed by atoms with van der Waals surface area (Å²) in [5.41, 5.74) is 3.97. The molecule has 4 N–H and O–H groups in total. The molecule has 2 aromatic heterocycles. The molecule has 0 radical (unpaired) electrons. The van der Waals surface area contributed by atoms with E-state index in [1.54, 1.807) is 0 Å². The molecule has 1 aliphatic rings. The lowest BCUT2D eigenvalue weighted by molar-refractivity contribution is -0.0248. The van der Waals surface area contributed by atoms with Gasteiger partial charge in [0, 0.05) is 18.7 Å². The van der Waals surface area contributed by atoms with Crippen molar-refractivity contribution in [3.05, 3.63) is 53.0 Å². The lowest BCUT2D eigenvalue weighted by Crippen LogP contribution is -2.33. The number of ketones is 1. The van der Waals surface area contributed by atoms with Crippen LogP contribution in [0.15, 0.2) is 24.7 Å². The van der Waals surface area contributed by atoms with Crippen LogP contribution in [0.2, 0.25) is 0 Å². The number of aromatic nitrogens is 3. The summed E-state index contributed by atoms with van der Waals surface area (Å²) in [4.78, 5) is 35.3. The minimum atomic E-state index is -1.30. The normalized spacial score (nSPS) is 14.1. The monoisotopic (exact) mass is 387 g/mol. The first-order chi connectivity index (χ1) is 13.5. The molecule has 28 heavy (non-hydrogen) atoms. The van der Waals surface area contributed by atoms with Gasteiger partial charge in [-0.3, -0.25) is 9.59 Å². The highest BCUT2D eigenvalue weighted by Crippen LogP contribution is 2.28. The van der Waals surface area contributed by atoms with Crippen molar-refractivity contribution in [2.24, 2.45) is 11.7 Å². The summed E-state index contributed by atoms with van der Waals surface area (Å²) in [5.74, 6) is -3.78. The fourth-order valence-electron chi connectivity index (χ4n) is 3.00. The molecule has 8 nitrogen and oxygen atoms in total. The molecule has 4 rings (SSSR count). The van der Waals surface area contributed by atoms with Gasteiger partial charge < -0.3 is 20.8 Å². The molecule has 1 aromatic carbocycles. The Bertz CT molecular complexity index is 1090. The van der Waals surface area contributed by atoms with Gasteiger partial charge in [0.15, 0.2) is 0 Å². The van der Waals surface area contributed by atoms with Crippen LogP contribution in [0.1, 0.15) is 26.3 Å². The van der Waals surface area contributed by atoms with Crippen LogP contribution in [0.25, 0.3) is 11.0 Å². The molecule has 0 unspecified atom stereocenters. The number of carbonyl (C=O) groups excluding carboxylic acids is 2. The van der Waals surface area contributed by atoms with E-state index < -0.39 is 34.5 Å². The van der Waals surface area contributed by atoms with Gasteiger partial charge in [-0.15, -0.1) is 0 Å². The smallest absolute Gasteiger partial charge is 0.251 e. The molecule has 3 aromatic rings. The first-order valence-electron chi connectivity index (χ1n) is 8.43. The Morgan fingerprint density at radius 1 is 1.25 bits per heavy atom. The van der Waals surface area contributed by atoms with Crippen molar-refractivity contribution in [3.63, 3.8) is 0 Å². The highest BCUT2D eigenvalue weighted by atomic mass is 19.1. The zero-order valence-electron chi connectivity index (χ0n) is 14.5. The number of aromatic amines is 1. The second-order valence-corrected chi connectivity index (χ2v) is 6.41. The molecule has 1 aliphatic heterocycles. The Morgan fingerprint density at radius 2 is 2.04 bits per heavy atom. The van der Waals surface area contributed by atoms with E-state index in [0.717, 1.165) is 12.1 Å².